The Kier molecular flexibility index (Phi) is 7.17. The predicted octanol–water partition coefficient (Wildman–Crippen LogP) is 4.60. The number of phenols is 1. The third-order valence-electron chi connectivity index (χ3n) is 6.11. The van der Waals surface area contributed by atoms with Crippen LogP contribution < -0.4 is 0 Å². The van der Waals surface area contributed by atoms with Gasteiger partial charge in [0.1, 0.15) is 5.75 Å². The van der Waals surface area contributed by atoms with Crippen LogP contribution in [0.3, 0.4) is 0 Å². The molecule has 0 bridgehead atoms. The number of halogens is 4. The smallest absolute Gasteiger partial charge is 0.416 e. The van der Waals surface area contributed by atoms with Crippen molar-refractivity contribution in [3.05, 3.63) is 64.7 Å². The van der Waals surface area contributed by atoms with Crippen molar-refractivity contribution in [2.45, 2.75) is 37.9 Å². The van der Waals surface area contributed by atoms with Crippen molar-refractivity contribution in [3.63, 3.8) is 0 Å². The number of carbonyl (C=O) groups is 1. The van der Waals surface area contributed by atoms with Crippen molar-refractivity contribution < 1.29 is 23.1 Å². The molecule has 0 aliphatic carbocycles. The van der Waals surface area contributed by atoms with Crippen LogP contribution in [0.25, 0.3) is 0 Å². The molecule has 1 atom stereocenters. The fourth-order valence-corrected chi connectivity index (χ4v) is 4.53. The molecule has 1 unspecified atom stereocenters. The molecule has 0 radical (unpaired) electrons. The first kappa shape index (κ1) is 23.4. The zero-order chi connectivity index (χ0) is 21.3. The minimum absolute atomic E-state index is 0. The summed E-state index contributed by atoms with van der Waals surface area (Å²) in [5.41, 5.74) is 1.71. The maximum Gasteiger partial charge on any atom is 0.416 e. The van der Waals surface area contributed by atoms with E-state index in [-0.39, 0.29) is 36.5 Å². The van der Waals surface area contributed by atoms with Crippen molar-refractivity contribution in [2.24, 2.45) is 0 Å². The van der Waals surface area contributed by atoms with E-state index in [1.54, 1.807) is 12.1 Å². The van der Waals surface area contributed by atoms with Crippen molar-refractivity contribution in [2.75, 3.05) is 26.2 Å². The molecule has 0 spiro atoms. The largest absolute Gasteiger partial charge is 0.508 e. The number of hydrogen-bond donors (Lipinski definition) is 1. The van der Waals surface area contributed by atoms with Crippen LogP contribution >= 0.6 is 12.4 Å². The highest BCUT2D eigenvalue weighted by molar-refractivity contribution is 5.85. The second-order valence-corrected chi connectivity index (χ2v) is 8.08. The van der Waals surface area contributed by atoms with Crippen LogP contribution in [0.15, 0.2) is 42.5 Å². The number of hydrogen-bond acceptors (Lipinski definition) is 3. The summed E-state index contributed by atoms with van der Waals surface area (Å²) in [6, 6.07) is 10.1. The molecule has 31 heavy (non-hydrogen) atoms. The van der Waals surface area contributed by atoms with Gasteiger partial charge in [0.2, 0.25) is 5.91 Å². The number of amides is 1. The fraction of sp³-hybridized carbons (Fsp3) is 0.435. The minimum atomic E-state index is -4.39. The van der Waals surface area contributed by atoms with Gasteiger partial charge in [-0.25, -0.2) is 0 Å². The maximum absolute atomic E-state index is 13.2. The first-order valence-corrected chi connectivity index (χ1v) is 10.3. The summed E-state index contributed by atoms with van der Waals surface area (Å²) in [5, 5.41) is 10.3. The number of nitrogens with zero attached hydrogens (tertiary/aromatic N) is 2. The van der Waals surface area contributed by atoms with E-state index in [0.29, 0.717) is 25.1 Å². The minimum Gasteiger partial charge on any atom is -0.508 e. The summed E-state index contributed by atoms with van der Waals surface area (Å²) in [5.74, 6) is 0.154. The number of likely N-dealkylation sites (tertiary alicyclic amines) is 1. The van der Waals surface area contributed by atoms with Crippen LogP contribution in [-0.2, 0) is 23.8 Å². The van der Waals surface area contributed by atoms with E-state index in [1.807, 2.05) is 11.0 Å². The van der Waals surface area contributed by atoms with Gasteiger partial charge in [-0.3, -0.25) is 4.79 Å². The molecule has 1 fully saturated rings. The molecule has 1 N–H and O–H groups in total. The molecule has 0 aromatic heterocycles. The maximum atomic E-state index is 13.2. The van der Waals surface area contributed by atoms with E-state index >= 15 is 0 Å². The highest BCUT2D eigenvalue weighted by Crippen LogP contribution is 2.36. The topological polar surface area (TPSA) is 43.8 Å². The van der Waals surface area contributed by atoms with Gasteiger partial charge < -0.3 is 14.9 Å². The second kappa shape index (κ2) is 9.49. The number of fused-ring (bicyclic) bond motifs is 1. The molecule has 2 aromatic carbocycles. The molecular weight excluding hydrogens is 429 g/mol. The van der Waals surface area contributed by atoms with E-state index in [1.165, 1.54) is 12.1 Å². The molecule has 4 rings (SSSR count). The van der Waals surface area contributed by atoms with Gasteiger partial charge in [-0.2, -0.15) is 13.2 Å². The Morgan fingerprint density at radius 3 is 2.35 bits per heavy atom. The van der Waals surface area contributed by atoms with Crippen LogP contribution in [0.5, 0.6) is 5.75 Å². The average Bonchev–Trinajstić information content (AvgIpc) is 3.21. The first-order chi connectivity index (χ1) is 14.3. The van der Waals surface area contributed by atoms with E-state index < -0.39 is 11.7 Å². The number of rotatable bonds is 4. The van der Waals surface area contributed by atoms with Crippen molar-refractivity contribution in [1.82, 2.24) is 9.80 Å². The third-order valence-corrected chi connectivity index (χ3v) is 6.11. The van der Waals surface area contributed by atoms with Gasteiger partial charge in [-0.1, -0.05) is 24.3 Å². The third kappa shape index (κ3) is 5.15. The van der Waals surface area contributed by atoms with Crippen LogP contribution in [-0.4, -0.2) is 47.0 Å². The Labute approximate surface area is 186 Å². The van der Waals surface area contributed by atoms with Crippen molar-refractivity contribution in [3.8, 4) is 5.75 Å². The summed E-state index contributed by atoms with van der Waals surface area (Å²) >= 11 is 0. The van der Waals surface area contributed by atoms with Crippen molar-refractivity contribution in [1.29, 1.82) is 0 Å². The van der Waals surface area contributed by atoms with Gasteiger partial charge in [0.05, 0.1) is 18.0 Å². The lowest BCUT2D eigenvalue weighted by atomic mass is 9.90. The Hall–Kier alpha value is -2.25. The predicted molar refractivity (Wildman–Crippen MR) is 114 cm³/mol. The normalized spacial score (nSPS) is 19.1. The summed E-state index contributed by atoms with van der Waals surface area (Å²) in [6.07, 6.45) is -1.49. The molecular formula is C23H26ClF3N2O2. The Morgan fingerprint density at radius 2 is 1.71 bits per heavy atom. The van der Waals surface area contributed by atoms with Gasteiger partial charge in [0.25, 0.3) is 0 Å². The van der Waals surface area contributed by atoms with Crippen LogP contribution in [0.1, 0.15) is 41.1 Å². The lowest BCUT2D eigenvalue weighted by Crippen LogP contribution is -2.45. The van der Waals surface area contributed by atoms with Gasteiger partial charge in [-0.05, 0) is 61.7 Å². The molecule has 2 aromatic rings. The molecule has 0 saturated carbocycles. The lowest BCUT2D eigenvalue weighted by Gasteiger charge is -2.39. The molecule has 1 saturated heterocycles. The molecule has 8 heteroatoms. The SMILES string of the molecule is Cl.O=C(Cc1ccc(C(F)(F)F)cc1)N1CCc2c(O)cccc2C1CN1CCCC1. The average molecular weight is 455 g/mol. The lowest BCUT2D eigenvalue weighted by molar-refractivity contribution is -0.137. The number of benzene rings is 2. The van der Waals surface area contributed by atoms with Crippen molar-refractivity contribution >= 4 is 18.3 Å². The van der Waals surface area contributed by atoms with Crippen LogP contribution in [0.4, 0.5) is 13.2 Å². The monoisotopic (exact) mass is 454 g/mol. The quantitative estimate of drug-likeness (QED) is 0.734. The molecule has 168 valence electrons. The number of aromatic hydroxyl groups is 1. The van der Waals surface area contributed by atoms with Gasteiger partial charge in [0.15, 0.2) is 0 Å². The summed E-state index contributed by atoms with van der Waals surface area (Å²) in [7, 11) is 0. The van der Waals surface area contributed by atoms with Gasteiger partial charge in [0, 0.05) is 18.7 Å². The molecule has 1 amide bonds. The number of alkyl halides is 3. The van der Waals surface area contributed by atoms with E-state index in [9.17, 15) is 23.1 Å². The molecule has 2 aliphatic heterocycles. The van der Waals surface area contributed by atoms with E-state index in [4.69, 9.17) is 0 Å². The van der Waals surface area contributed by atoms with Gasteiger partial charge in [-0.15, -0.1) is 12.4 Å². The zero-order valence-corrected chi connectivity index (χ0v) is 17.9. The van der Waals surface area contributed by atoms with E-state index in [2.05, 4.69) is 4.90 Å². The summed E-state index contributed by atoms with van der Waals surface area (Å²) in [6.45, 7) is 3.18. The summed E-state index contributed by atoms with van der Waals surface area (Å²) < 4.78 is 38.4. The van der Waals surface area contributed by atoms with Crippen LogP contribution in [0, 0.1) is 0 Å². The highest BCUT2D eigenvalue weighted by atomic mass is 35.5. The molecule has 2 heterocycles. The number of carbonyl (C=O) groups excluding carboxylic acids is 1. The Bertz CT molecular complexity index is 912. The molecule has 4 nitrogen and oxygen atoms in total. The van der Waals surface area contributed by atoms with Crippen LogP contribution in [0.2, 0.25) is 0 Å². The summed E-state index contributed by atoms with van der Waals surface area (Å²) in [4.78, 5) is 17.3. The second-order valence-electron chi connectivity index (χ2n) is 8.08. The van der Waals surface area contributed by atoms with Gasteiger partial charge >= 0.3 is 6.18 Å². The Morgan fingerprint density at radius 1 is 1.03 bits per heavy atom. The zero-order valence-electron chi connectivity index (χ0n) is 17.1. The fourth-order valence-electron chi connectivity index (χ4n) is 4.53. The number of phenolic OH excluding ortho intramolecular Hbond substituents is 1. The Balaban J connectivity index is 0.00000272. The molecule has 2 aliphatic rings. The standard InChI is InChI=1S/C23H25F3N2O2.ClH/c24-23(25,26)17-8-6-16(7-9-17)14-22(30)28-13-10-19-18(4-3-5-21(19)29)20(28)15-27-11-1-2-12-27;/h3-9,20,29H,1-2,10-15H2;1H. The highest BCUT2D eigenvalue weighted by Gasteiger charge is 2.34. The first-order valence-electron chi connectivity index (χ1n) is 10.3. The van der Waals surface area contributed by atoms with E-state index in [0.717, 1.165) is 49.2 Å².